The van der Waals surface area contributed by atoms with Crippen LogP contribution in [-0.4, -0.2) is 49.5 Å². The average Bonchev–Trinajstić information content (AvgIpc) is 3.02. The Kier molecular flexibility index (Phi) is 9.16. The minimum Gasteiger partial charge on any atom is -0.357 e. The van der Waals surface area contributed by atoms with Crippen LogP contribution in [0.4, 0.5) is 0 Å². The van der Waals surface area contributed by atoms with Crippen LogP contribution in [0, 0.1) is 11.8 Å². The average molecular weight is 373 g/mol. The van der Waals surface area contributed by atoms with E-state index in [1.807, 2.05) is 11.0 Å². The number of likely N-dealkylation sites (tertiary alicyclic amines) is 1. The van der Waals surface area contributed by atoms with E-state index in [0.29, 0.717) is 18.9 Å². The molecule has 0 bridgehead atoms. The zero-order valence-electron chi connectivity index (χ0n) is 17.2. The molecule has 1 aromatic rings. The molecule has 1 unspecified atom stereocenters. The summed E-state index contributed by atoms with van der Waals surface area (Å²) in [4.78, 5) is 19.0. The van der Waals surface area contributed by atoms with Crippen LogP contribution in [0.3, 0.4) is 0 Å². The second kappa shape index (κ2) is 11.6. The monoisotopic (exact) mass is 372 g/mol. The van der Waals surface area contributed by atoms with Crippen molar-refractivity contribution < 1.29 is 4.79 Å². The standard InChI is InChI=1S/C22H36N4O/c1-4-23-22(24-13-8-9-18(2)3)25-16-20-15-21(27)26(17-20)14-12-19-10-6-5-7-11-19/h5-7,10-11,18,20H,4,8-9,12-17H2,1-3H3,(H2,23,24,25). The molecule has 2 N–H and O–H groups in total. The van der Waals surface area contributed by atoms with Crippen LogP contribution in [0.25, 0.3) is 0 Å². The van der Waals surface area contributed by atoms with E-state index in [1.54, 1.807) is 0 Å². The summed E-state index contributed by atoms with van der Waals surface area (Å²) in [5, 5.41) is 6.71. The van der Waals surface area contributed by atoms with Crippen molar-refractivity contribution in [3.8, 4) is 0 Å². The molecule has 0 aliphatic carbocycles. The number of guanidine groups is 1. The molecule has 1 fully saturated rings. The van der Waals surface area contributed by atoms with Crippen molar-refractivity contribution in [1.82, 2.24) is 15.5 Å². The molecule has 1 aliphatic heterocycles. The Morgan fingerprint density at radius 1 is 1.26 bits per heavy atom. The number of hydrogen-bond acceptors (Lipinski definition) is 2. The van der Waals surface area contributed by atoms with Crippen molar-refractivity contribution in [2.45, 2.75) is 46.5 Å². The molecule has 1 atom stereocenters. The lowest BCUT2D eigenvalue weighted by Gasteiger charge is -2.16. The Morgan fingerprint density at radius 2 is 2.04 bits per heavy atom. The fourth-order valence-electron chi connectivity index (χ4n) is 3.38. The van der Waals surface area contributed by atoms with E-state index in [1.165, 1.54) is 12.0 Å². The molecule has 150 valence electrons. The Hall–Kier alpha value is -2.04. The van der Waals surface area contributed by atoms with Gasteiger partial charge in [0.05, 0.1) is 0 Å². The number of aliphatic imine (C=N–C) groups is 1. The highest BCUT2D eigenvalue weighted by molar-refractivity contribution is 5.80. The zero-order chi connectivity index (χ0) is 19.5. The van der Waals surface area contributed by atoms with Gasteiger partial charge in [-0.2, -0.15) is 0 Å². The lowest BCUT2D eigenvalue weighted by atomic mass is 10.1. The topological polar surface area (TPSA) is 56.7 Å². The van der Waals surface area contributed by atoms with Crippen molar-refractivity contribution in [3.63, 3.8) is 0 Å². The van der Waals surface area contributed by atoms with E-state index in [0.717, 1.165) is 50.9 Å². The number of amides is 1. The summed E-state index contributed by atoms with van der Waals surface area (Å²) in [6.07, 6.45) is 3.91. The summed E-state index contributed by atoms with van der Waals surface area (Å²) in [5.41, 5.74) is 1.28. The smallest absolute Gasteiger partial charge is 0.223 e. The molecular formula is C22H36N4O. The number of hydrogen-bond donors (Lipinski definition) is 2. The third kappa shape index (κ3) is 8.02. The Balaban J connectivity index is 1.76. The van der Waals surface area contributed by atoms with Crippen LogP contribution in [0.2, 0.25) is 0 Å². The molecular weight excluding hydrogens is 336 g/mol. The minimum absolute atomic E-state index is 0.265. The van der Waals surface area contributed by atoms with Crippen LogP contribution < -0.4 is 10.6 Å². The van der Waals surface area contributed by atoms with Crippen molar-refractivity contribution in [3.05, 3.63) is 35.9 Å². The van der Waals surface area contributed by atoms with Gasteiger partial charge in [0.15, 0.2) is 5.96 Å². The predicted molar refractivity (Wildman–Crippen MR) is 113 cm³/mol. The number of nitrogens with zero attached hydrogens (tertiary/aromatic N) is 2. The molecule has 27 heavy (non-hydrogen) atoms. The second-order valence-electron chi connectivity index (χ2n) is 7.83. The zero-order valence-corrected chi connectivity index (χ0v) is 17.2. The van der Waals surface area contributed by atoms with Crippen LogP contribution in [-0.2, 0) is 11.2 Å². The lowest BCUT2D eigenvalue weighted by molar-refractivity contribution is -0.127. The number of benzene rings is 1. The maximum absolute atomic E-state index is 12.3. The van der Waals surface area contributed by atoms with Crippen LogP contribution >= 0.6 is 0 Å². The largest absolute Gasteiger partial charge is 0.357 e. The molecule has 0 radical (unpaired) electrons. The van der Waals surface area contributed by atoms with Gasteiger partial charge in [-0.25, -0.2) is 0 Å². The van der Waals surface area contributed by atoms with Gasteiger partial charge >= 0.3 is 0 Å². The highest BCUT2D eigenvalue weighted by atomic mass is 16.2. The van der Waals surface area contributed by atoms with E-state index >= 15 is 0 Å². The number of carbonyl (C=O) groups excluding carboxylic acids is 1. The number of carbonyl (C=O) groups is 1. The van der Waals surface area contributed by atoms with Crippen LogP contribution in [0.1, 0.15) is 45.6 Å². The Labute approximate surface area is 164 Å². The van der Waals surface area contributed by atoms with E-state index in [2.05, 4.69) is 55.7 Å². The molecule has 0 spiro atoms. The Morgan fingerprint density at radius 3 is 2.74 bits per heavy atom. The molecule has 2 rings (SSSR count). The molecule has 1 heterocycles. The number of nitrogens with one attached hydrogen (secondary N) is 2. The van der Waals surface area contributed by atoms with E-state index in [-0.39, 0.29) is 5.91 Å². The quantitative estimate of drug-likeness (QED) is 0.377. The molecule has 0 saturated carbocycles. The highest BCUT2D eigenvalue weighted by Gasteiger charge is 2.28. The first-order chi connectivity index (χ1) is 13.1. The third-order valence-corrected chi connectivity index (χ3v) is 4.91. The normalized spacial score (nSPS) is 17.6. The molecule has 1 aromatic carbocycles. The molecule has 0 aromatic heterocycles. The molecule has 1 amide bonds. The van der Waals surface area contributed by atoms with Gasteiger partial charge in [0.25, 0.3) is 0 Å². The van der Waals surface area contributed by atoms with Gasteiger partial charge in [-0.05, 0) is 37.7 Å². The first-order valence-corrected chi connectivity index (χ1v) is 10.4. The van der Waals surface area contributed by atoms with Crippen molar-refractivity contribution in [1.29, 1.82) is 0 Å². The maximum atomic E-state index is 12.3. The first kappa shape index (κ1) is 21.3. The van der Waals surface area contributed by atoms with Crippen LogP contribution in [0.15, 0.2) is 35.3 Å². The van der Waals surface area contributed by atoms with Crippen LogP contribution in [0.5, 0.6) is 0 Å². The summed E-state index contributed by atoms with van der Waals surface area (Å²) in [6, 6.07) is 10.4. The highest BCUT2D eigenvalue weighted by Crippen LogP contribution is 2.18. The predicted octanol–water partition coefficient (Wildman–Crippen LogP) is 3.07. The van der Waals surface area contributed by atoms with E-state index in [9.17, 15) is 4.79 Å². The molecule has 1 aliphatic rings. The van der Waals surface area contributed by atoms with Crippen molar-refractivity contribution in [2.75, 3.05) is 32.7 Å². The molecule has 1 saturated heterocycles. The van der Waals surface area contributed by atoms with Gasteiger partial charge in [-0.1, -0.05) is 44.2 Å². The SMILES string of the molecule is CCNC(=NCC1CC(=O)N(CCc2ccccc2)C1)NCCCC(C)C. The minimum atomic E-state index is 0.265. The van der Waals surface area contributed by atoms with Gasteiger partial charge in [-0.3, -0.25) is 9.79 Å². The fourth-order valence-corrected chi connectivity index (χ4v) is 3.38. The third-order valence-electron chi connectivity index (χ3n) is 4.91. The molecule has 5 nitrogen and oxygen atoms in total. The maximum Gasteiger partial charge on any atom is 0.223 e. The van der Waals surface area contributed by atoms with Crippen molar-refractivity contribution >= 4 is 11.9 Å². The van der Waals surface area contributed by atoms with Crippen molar-refractivity contribution in [2.24, 2.45) is 16.8 Å². The summed E-state index contributed by atoms with van der Waals surface area (Å²) in [5.74, 6) is 2.19. The summed E-state index contributed by atoms with van der Waals surface area (Å²) in [6.45, 7) is 10.7. The first-order valence-electron chi connectivity index (χ1n) is 10.4. The van der Waals surface area contributed by atoms with Gasteiger partial charge in [-0.15, -0.1) is 0 Å². The van der Waals surface area contributed by atoms with Gasteiger partial charge in [0, 0.05) is 45.1 Å². The second-order valence-corrected chi connectivity index (χ2v) is 7.83. The summed E-state index contributed by atoms with van der Waals surface area (Å²) < 4.78 is 0. The van der Waals surface area contributed by atoms with Gasteiger partial charge in [0.1, 0.15) is 0 Å². The van der Waals surface area contributed by atoms with Gasteiger partial charge < -0.3 is 15.5 Å². The summed E-state index contributed by atoms with van der Waals surface area (Å²) >= 11 is 0. The van der Waals surface area contributed by atoms with E-state index in [4.69, 9.17) is 4.99 Å². The fraction of sp³-hybridized carbons (Fsp3) is 0.636. The summed E-state index contributed by atoms with van der Waals surface area (Å²) in [7, 11) is 0. The van der Waals surface area contributed by atoms with E-state index < -0.39 is 0 Å². The van der Waals surface area contributed by atoms with Gasteiger partial charge in [0.2, 0.25) is 5.91 Å². The molecule has 5 heteroatoms. The lowest BCUT2D eigenvalue weighted by Crippen LogP contribution is -2.38. The number of rotatable bonds is 10. The Bertz CT molecular complexity index is 585.